The highest BCUT2D eigenvalue weighted by Crippen LogP contribution is 2.42. The number of rotatable bonds is 4. The lowest BCUT2D eigenvalue weighted by molar-refractivity contribution is -0.0531. The Morgan fingerprint density at radius 1 is 1.53 bits per heavy atom. The second-order valence-corrected chi connectivity index (χ2v) is 4.98. The summed E-state index contributed by atoms with van der Waals surface area (Å²) in [6, 6.07) is 7.42. The Kier molecular flexibility index (Phi) is 4.51. The number of methoxy groups -OCH3 is 1. The Balaban J connectivity index is 0.00000242. The highest BCUT2D eigenvalue weighted by molar-refractivity contribution is 5.85. The van der Waals surface area contributed by atoms with Crippen molar-refractivity contribution in [1.29, 1.82) is 0 Å². The molecule has 1 aliphatic carbocycles. The number of hydrogen-bond acceptors (Lipinski definition) is 3. The fourth-order valence-electron chi connectivity index (χ4n) is 2.89. The average molecular weight is 289 g/mol. The van der Waals surface area contributed by atoms with E-state index in [1.165, 1.54) is 0 Å². The van der Waals surface area contributed by atoms with Gasteiger partial charge in [-0.1, -0.05) is 25.0 Å². The van der Waals surface area contributed by atoms with Crippen molar-refractivity contribution in [3.8, 4) is 5.75 Å². The number of nitrogens with one attached hydrogen (secondary N) is 1. The van der Waals surface area contributed by atoms with Gasteiger partial charge in [0, 0.05) is 16.6 Å². The maximum atomic E-state index is 11.1. The van der Waals surface area contributed by atoms with E-state index in [4.69, 9.17) is 8.85 Å². The Morgan fingerprint density at radius 2 is 2.37 bits per heavy atom. The molecule has 0 heterocycles. The maximum absolute atomic E-state index is 11.1. The number of benzene rings is 1. The lowest BCUT2D eigenvalue weighted by Crippen LogP contribution is -2.42. The average Bonchev–Trinajstić information content (AvgIpc) is 2.45. The van der Waals surface area contributed by atoms with Gasteiger partial charge in [-0.25, -0.2) is 0 Å². The zero-order valence-corrected chi connectivity index (χ0v) is 12.0. The van der Waals surface area contributed by atoms with Crippen molar-refractivity contribution >= 4 is 12.4 Å². The van der Waals surface area contributed by atoms with Gasteiger partial charge in [-0.15, -0.1) is 12.4 Å². The largest absolute Gasteiger partial charge is 0.497 e. The monoisotopic (exact) mass is 288 g/mol. The van der Waals surface area contributed by atoms with Crippen molar-refractivity contribution in [2.45, 2.75) is 31.3 Å². The molecule has 0 saturated heterocycles. The van der Waals surface area contributed by atoms with Gasteiger partial charge in [0.2, 0.25) is 0 Å². The molecule has 0 aromatic heterocycles. The number of halogens is 1. The molecular formula is C15H24ClNO2. The second-order valence-electron chi connectivity index (χ2n) is 4.98. The minimum Gasteiger partial charge on any atom is -0.497 e. The van der Waals surface area contributed by atoms with Crippen molar-refractivity contribution in [2.75, 3.05) is 20.6 Å². The first-order chi connectivity index (χ1) is 9.85. The minimum absolute atomic E-state index is 0. The van der Waals surface area contributed by atoms with Crippen LogP contribution in [0, 0.1) is 5.92 Å². The van der Waals surface area contributed by atoms with Crippen LogP contribution in [0.4, 0.5) is 0 Å². The summed E-state index contributed by atoms with van der Waals surface area (Å²) in [5.74, 6) is 0.591. The smallest absolute Gasteiger partial charge is 0.119 e. The molecule has 2 atom stereocenters. The molecule has 1 fully saturated rings. The topological polar surface area (TPSA) is 41.5 Å². The lowest BCUT2D eigenvalue weighted by atomic mass is 9.71. The van der Waals surface area contributed by atoms with Gasteiger partial charge in [0.15, 0.2) is 0 Å². The summed E-state index contributed by atoms with van der Waals surface area (Å²) in [5, 5.41) is 13.7. The molecule has 1 aromatic carbocycles. The Morgan fingerprint density at radius 3 is 3.11 bits per heavy atom. The molecule has 0 aliphatic heterocycles. The van der Waals surface area contributed by atoms with Gasteiger partial charge in [0.1, 0.15) is 5.75 Å². The van der Waals surface area contributed by atoms with Crippen LogP contribution in [0.2, 0.25) is 0 Å². The summed E-state index contributed by atoms with van der Waals surface area (Å²) in [7, 11) is 1.59. The Hall–Kier alpha value is -0.770. The van der Waals surface area contributed by atoms with E-state index in [1.54, 1.807) is 7.11 Å². The SMILES string of the molecule is Cl.[2H]C([2H])([2H])NC[C@@H]1CCCC[C@@]1(O)c1cccc(OC)c1. The first-order valence-corrected chi connectivity index (χ1v) is 6.47. The minimum atomic E-state index is -2.17. The number of hydrogen-bond donors (Lipinski definition) is 2. The molecule has 0 radical (unpaired) electrons. The van der Waals surface area contributed by atoms with Crippen LogP contribution in [0.1, 0.15) is 35.4 Å². The molecule has 1 aliphatic rings. The highest BCUT2D eigenvalue weighted by atomic mass is 35.5. The van der Waals surface area contributed by atoms with Crippen LogP contribution >= 0.6 is 12.4 Å². The molecular weight excluding hydrogens is 262 g/mol. The van der Waals surface area contributed by atoms with Gasteiger partial charge in [-0.2, -0.15) is 0 Å². The van der Waals surface area contributed by atoms with Crippen LogP contribution in [-0.2, 0) is 5.60 Å². The zero-order valence-electron chi connectivity index (χ0n) is 14.2. The highest BCUT2D eigenvalue weighted by Gasteiger charge is 2.39. The summed E-state index contributed by atoms with van der Waals surface area (Å²) in [6.07, 6.45) is 3.42. The van der Waals surface area contributed by atoms with E-state index in [0.29, 0.717) is 12.2 Å². The van der Waals surface area contributed by atoms with Crippen LogP contribution < -0.4 is 10.1 Å². The van der Waals surface area contributed by atoms with Gasteiger partial charge >= 0.3 is 0 Å². The molecule has 1 saturated carbocycles. The van der Waals surface area contributed by atoms with Crippen LogP contribution in [0.15, 0.2) is 24.3 Å². The fourth-order valence-corrected chi connectivity index (χ4v) is 2.89. The molecule has 2 rings (SSSR count). The van der Waals surface area contributed by atoms with Gasteiger partial charge < -0.3 is 15.2 Å². The maximum Gasteiger partial charge on any atom is 0.119 e. The van der Waals surface area contributed by atoms with Crippen molar-refractivity contribution in [2.24, 2.45) is 5.92 Å². The van der Waals surface area contributed by atoms with Crippen LogP contribution in [-0.4, -0.2) is 25.7 Å². The summed E-state index contributed by atoms with van der Waals surface area (Å²) < 4.78 is 27.0. The second kappa shape index (κ2) is 7.13. The molecule has 1 aromatic rings. The quantitative estimate of drug-likeness (QED) is 0.895. The van der Waals surface area contributed by atoms with Gasteiger partial charge in [-0.05, 0) is 37.5 Å². The third kappa shape index (κ3) is 3.41. The first-order valence-electron chi connectivity index (χ1n) is 7.97. The molecule has 19 heavy (non-hydrogen) atoms. The molecule has 0 spiro atoms. The summed E-state index contributed by atoms with van der Waals surface area (Å²) in [5.41, 5.74) is -0.190. The molecule has 108 valence electrons. The molecule has 4 heteroatoms. The normalized spacial score (nSPS) is 29.6. The van der Waals surface area contributed by atoms with E-state index < -0.39 is 12.6 Å². The van der Waals surface area contributed by atoms with Gasteiger partial charge in [-0.3, -0.25) is 0 Å². The van der Waals surface area contributed by atoms with Crippen molar-refractivity contribution in [3.05, 3.63) is 29.8 Å². The Bertz CT molecular complexity index is 484. The van der Waals surface area contributed by atoms with Crippen molar-refractivity contribution in [3.63, 3.8) is 0 Å². The Labute approximate surface area is 126 Å². The molecule has 0 amide bonds. The van der Waals surface area contributed by atoms with Gasteiger partial charge in [0.25, 0.3) is 0 Å². The number of aliphatic hydroxyl groups is 1. The predicted molar refractivity (Wildman–Crippen MR) is 80.0 cm³/mol. The lowest BCUT2D eigenvalue weighted by Gasteiger charge is -2.40. The van der Waals surface area contributed by atoms with E-state index in [2.05, 4.69) is 5.32 Å². The standard InChI is InChI=1S/C15H23NO2.ClH/c1-16-11-13-6-3-4-9-15(13,17)12-7-5-8-14(10-12)18-2;/h5,7-8,10,13,16-17H,3-4,6,9,11H2,1-2H3;1H/t13-,15+;/m0./s1/i1D3;. The summed E-state index contributed by atoms with van der Waals surface area (Å²) in [6.45, 7) is -1.89. The molecule has 0 bridgehead atoms. The van der Waals surface area contributed by atoms with Crippen LogP contribution in [0.3, 0.4) is 0 Å². The summed E-state index contributed by atoms with van der Waals surface area (Å²) in [4.78, 5) is 0. The molecule has 2 N–H and O–H groups in total. The van der Waals surface area contributed by atoms with Crippen LogP contribution in [0.25, 0.3) is 0 Å². The first kappa shape index (κ1) is 12.0. The third-order valence-electron chi connectivity index (χ3n) is 3.95. The predicted octanol–water partition coefficient (Wildman–Crippen LogP) is 2.71. The molecule has 3 nitrogen and oxygen atoms in total. The van der Waals surface area contributed by atoms with E-state index >= 15 is 0 Å². The van der Waals surface area contributed by atoms with Gasteiger partial charge in [0.05, 0.1) is 12.7 Å². The van der Waals surface area contributed by atoms with Crippen molar-refractivity contribution in [1.82, 2.24) is 5.32 Å². The zero-order chi connectivity index (χ0) is 15.5. The fraction of sp³-hybridized carbons (Fsp3) is 0.600. The van der Waals surface area contributed by atoms with E-state index in [-0.39, 0.29) is 24.9 Å². The molecule has 0 unspecified atom stereocenters. The van der Waals surface area contributed by atoms with E-state index in [1.807, 2.05) is 24.3 Å². The van der Waals surface area contributed by atoms with E-state index in [9.17, 15) is 5.11 Å². The number of ether oxygens (including phenoxy) is 1. The third-order valence-corrected chi connectivity index (χ3v) is 3.95. The summed E-state index contributed by atoms with van der Waals surface area (Å²) >= 11 is 0. The van der Waals surface area contributed by atoms with E-state index in [0.717, 1.165) is 24.8 Å². The van der Waals surface area contributed by atoms with Crippen LogP contribution in [0.5, 0.6) is 5.75 Å². The van der Waals surface area contributed by atoms with Crippen molar-refractivity contribution < 1.29 is 14.0 Å².